The Morgan fingerprint density at radius 2 is 1.00 bits per heavy atom. The van der Waals surface area contributed by atoms with Crippen molar-refractivity contribution in [1.29, 1.82) is 0 Å². The molecule has 0 aliphatic carbocycles. The second-order valence-electron chi connectivity index (χ2n) is 13.6. The van der Waals surface area contributed by atoms with Crippen LogP contribution in [-0.4, -0.2) is 61.0 Å². The van der Waals surface area contributed by atoms with E-state index >= 15 is 0 Å². The van der Waals surface area contributed by atoms with E-state index in [1.807, 2.05) is 6.92 Å². The van der Waals surface area contributed by atoms with Crippen molar-refractivity contribution in [2.24, 2.45) is 0 Å². The number of rotatable bonds is 36. The fourth-order valence-corrected chi connectivity index (χ4v) is 6.07. The lowest BCUT2D eigenvalue weighted by Gasteiger charge is -2.24. The fourth-order valence-electron chi connectivity index (χ4n) is 6.07. The van der Waals surface area contributed by atoms with Gasteiger partial charge < -0.3 is 19.5 Å². The number of aliphatic hydroxyl groups is 1. The number of ether oxygens (including phenoxy) is 2. The fraction of sp³-hybridized carbons (Fsp3) is 0.974. The summed E-state index contributed by atoms with van der Waals surface area (Å²) < 4.78 is 11.7. The highest BCUT2D eigenvalue weighted by Gasteiger charge is 2.11. The molecule has 264 valence electrons. The summed E-state index contributed by atoms with van der Waals surface area (Å²) in [4.78, 5) is 14.2. The zero-order valence-electron chi connectivity index (χ0n) is 30.4. The average Bonchev–Trinajstić information content (AvgIpc) is 3.00. The molecule has 0 spiro atoms. The van der Waals surface area contributed by atoms with Gasteiger partial charge in [0.05, 0.1) is 18.8 Å². The molecule has 0 rings (SSSR count). The van der Waals surface area contributed by atoms with Crippen LogP contribution in [0.5, 0.6) is 0 Å². The highest BCUT2D eigenvalue weighted by atomic mass is 16.5. The lowest BCUT2D eigenvalue weighted by Crippen LogP contribution is -2.32. The normalized spacial score (nSPS) is 12.4. The highest BCUT2D eigenvalue weighted by molar-refractivity contribution is 5.69. The summed E-state index contributed by atoms with van der Waals surface area (Å²) in [7, 11) is 0. The first-order valence-corrected chi connectivity index (χ1v) is 19.7. The van der Waals surface area contributed by atoms with Gasteiger partial charge in [0.1, 0.15) is 0 Å². The van der Waals surface area contributed by atoms with Crippen molar-refractivity contribution in [3.05, 3.63) is 0 Å². The summed E-state index contributed by atoms with van der Waals surface area (Å²) in [6.45, 7) is 13.1. The maximum atomic E-state index is 11.8. The molecule has 44 heavy (non-hydrogen) atoms. The van der Waals surface area contributed by atoms with Gasteiger partial charge >= 0.3 is 5.97 Å². The zero-order chi connectivity index (χ0) is 32.4. The minimum Gasteiger partial charge on any atom is -0.466 e. The Morgan fingerprint density at radius 1 is 0.568 bits per heavy atom. The topological polar surface area (TPSA) is 59.0 Å². The van der Waals surface area contributed by atoms with Gasteiger partial charge in [-0.1, -0.05) is 136 Å². The van der Waals surface area contributed by atoms with Crippen molar-refractivity contribution in [3.63, 3.8) is 0 Å². The first-order chi connectivity index (χ1) is 21.5. The number of hydrogen-bond acceptors (Lipinski definition) is 5. The van der Waals surface area contributed by atoms with E-state index in [0.29, 0.717) is 19.1 Å². The quantitative estimate of drug-likeness (QED) is 0.0554. The number of unbranched alkanes of at least 4 members (excludes halogenated alkanes) is 19. The third-order valence-corrected chi connectivity index (χ3v) is 8.87. The van der Waals surface area contributed by atoms with Gasteiger partial charge in [-0.25, -0.2) is 0 Å². The molecule has 0 aromatic carbocycles. The predicted octanol–water partition coefficient (Wildman–Crippen LogP) is 11.2. The Hall–Kier alpha value is -0.650. The summed E-state index contributed by atoms with van der Waals surface area (Å²) in [6, 6.07) is 0. The third kappa shape index (κ3) is 32.7. The van der Waals surface area contributed by atoms with Crippen molar-refractivity contribution in [2.75, 3.05) is 32.8 Å². The van der Waals surface area contributed by atoms with Crippen molar-refractivity contribution in [3.8, 4) is 0 Å². The Labute approximate surface area is 276 Å². The molecule has 0 unspecified atom stereocenters. The van der Waals surface area contributed by atoms with Gasteiger partial charge in [0, 0.05) is 19.6 Å². The van der Waals surface area contributed by atoms with Gasteiger partial charge in [-0.3, -0.25) is 4.79 Å². The molecule has 0 saturated carbocycles. The van der Waals surface area contributed by atoms with Crippen molar-refractivity contribution in [2.45, 2.75) is 213 Å². The number of hydrogen-bond donors (Lipinski definition) is 1. The van der Waals surface area contributed by atoms with Crippen molar-refractivity contribution < 1.29 is 19.4 Å². The Kier molecular flexibility index (Phi) is 34.7. The van der Waals surface area contributed by atoms with Gasteiger partial charge in [0.2, 0.25) is 0 Å². The lowest BCUT2D eigenvalue weighted by molar-refractivity contribution is -0.143. The third-order valence-electron chi connectivity index (χ3n) is 8.87. The van der Waals surface area contributed by atoms with E-state index in [4.69, 9.17) is 9.47 Å². The van der Waals surface area contributed by atoms with Crippen LogP contribution in [0.25, 0.3) is 0 Å². The van der Waals surface area contributed by atoms with Crippen LogP contribution in [0.3, 0.4) is 0 Å². The molecule has 0 aliphatic rings. The molecule has 0 aromatic heterocycles. The maximum Gasteiger partial charge on any atom is 0.305 e. The van der Waals surface area contributed by atoms with E-state index in [-0.39, 0.29) is 12.1 Å². The smallest absolute Gasteiger partial charge is 0.305 e. The van der Waals surface area contributed by atoms with Crippen LogP contribution in [0.4, 0.5) is 0 Å². The van der Waals surface area contributed by atoms with E-state index in [0.717, 1.165) is 64.8 Å². The van der Waals surface area contributed by atoms with Crippen LogP contribution < -0.4 is 0 Å². The number of carbonyl (C=O) groups excluding carboxylic acids is 1. The SMILES string of the molecule is CCCCCCCCC(CCCCCCCC)OCCCCCN(CCCCCCCCC(=O)OCCCCC)C[C@@H](C)O. The molecule has 0 fully saturated rings. The molecule has 0 bridgehead atoms. The van der Waals surface area contributed by atoms with Crippen LogP contribution >= 0.6 is 0 Å². The van der Waals surface area contributed by atoms with Crippen molar-refractivity contribution in [1.82, 2.24) is 4.90 Å². The molecule has 1 N–H and O–H groups in total. The summed E-state index contributed by atoms with van der Waals surface area (Å²) >= 11 is 0. The lowest BCUT2D eigenvalue weighted by atomic mass is 10.0. The number of esters is 1. The number of nitrogens with zero attached hydrogens (tertiary/aromatic N) is 1. The molecular formula is C39H79NO4. The van der Waals surface area contributed by atoms with Crippen LogP contribution in [0.1, 0.15) is 201 Å². The molecule has 5 nitrogen and oxygen atoms in total. The van der Waals surface area contributed by atoms with E-state index in [2.05, 4.69) is 25.7 Å². The molecule has 0 aliphatic heterocycles. The molecular weight excluding hydrogens is 546 g/mol. The molecule has 0 radical (unpaired) electrons. The Morgan fingerprint density at radius 3 is 1.55 bits per heavy atom. The summed E-state index contributed by atoms with van der Waals surface area (Å²) in [5, 5.41) is 10.0. The minimum absolute atomic E-state index is 0.0254. The summed E-state index contributed by atoms with van der Waals surface area (Å²) in [5.74, 6) is -0.0254. The predicted molar refractivity (Wildman–Crippen MR) is 191 cm³/mol. The highest BCUT2D eigenvalue weighted by Crippen LogP contribution is 2.18. The summed E-state index contributed by atoms with van der Waals surface area (Å²) in [5.41, 5.74) is 0. The van der Waals surface area contributed by atoms with E-state index < -0.39 is 0 Å². The van der Waals surface area contributed by atoms with Gasteiger partial charge in [0.15, 0.2) is 0 Å². The minimum atomic E-state index is -0.273. The molecule has 0 saturated heterocycles. The van der Waals surface area contributed by atoms with E-state index in [1.165, 1.54) is 128 Å². The van der Waals surface area contributed by atoms with Gasteiger partial charge in [-0.05, 0) is 71.4 Å². The molecule has 1 atom stereocenters. The average molecular weight is 626 g/mol. The Balaban J connectivity index is 4.06. The molecule has 5 heteroatoms. The first-order valence-electron chi connectivity index (χ1n) is 19.7. The van der Waals surface area contributed by atoms with Crippen LogP contribution in [0.2, 0.25) is 0 Å². The van der Waals surface area contributed by atoms with E-state index in [1.54, 1.807) is 0 Å². The van der Waals surface area contributed by atoms with Crippen LogP contribution in [0, 0.1) is 0 Å². The van der Waals surface area contributed by atoms with Crippen molar-refractivity contribution >= 4 is 5.97 Å². The first kappa shape index (κ1) is 43.4. The molecule has 0 aromatic rings. The summed E-state index contributed by atoms with van der Waals surface area (Å²) in [6.07, 6.45) is 33.3. The number of carbonyl (C=O) groups is 1. The second kappa shape index (κ2) is 35.2. The molecule has 0 heterocycles. The van der Waals surface area contributed by atoms with Gasteiger partial charge in [-0.15, -0.1) is 0 Å². The maximum absolute atomic E-state index is 11.8. The zero-order valence-corrected chi connectivity index (χ0v) is 30.4. The molecule has 0 amide bonds. The largest absolute Gasteiger partial charge is 0.466 e. The Bertz CT molecular complexity index is 554. The second-order valence-corrected chi connectivity index (χ2v) is 13.6. The van der Waals surface area contributed by atoms with E-state index in [9.17, 15) is 9.90 Å². The van der Waals surface area contributed by atoms with Crippen LogP contribution in [0.15, 0.2) is 0 Å². The number of aliphatic hydroxyl groups excluding tert-OH is 1. The van der Waals surface area contributed by atoms with Gasteiger partial charge in [0.25, 0.3) is 0 Å². The van der Waals surface area contributed by atoms with Gasteiger partial charge in [-0.2, -0.15) is 0 Å². The van der Waals surface area contributed by atoms with Crippen LogP contribution in [-0.2, 0) is 14.3 Å². The monoisotopic (exact) mass is 626 g/mol. The standard InChI is InChI=1S/C39H79NO4/c1-5-8-11-13-17-22-29-38(30-23-18-14-12-9-6-2)43-34-28-21-26-33-40(36-37(4)41)32-25-20-16-15-19-24-31-39(42)44-35-27-10-7-3/h37-38,41H,5-36H2,1-4H3/t37-/m1/s1.